The molecule has 6 nitrogen and oxygen atoms in total. The zero-order valence-electron chi connectivity index (χ0n) is 18.3. The zero-order chi connectivity index (χ0) is 21.3. The Morgan fingerprint density at radius 1 is 0.967 bits per heavy atom. The fourth-order valence-electron chi connectivity index (χ4n) is 5.57. The van der Waals surface area contributed by atoms with Crippen molar-refractivity contribution in [3.8, 4) is 0 Å². The van der Waals surface area contributed by atoms with Gasteiger partial charge in [-0.2, -0.15) is 4.31 Å². The normalized spacial score (nSPS) is 26.4. The van der Waals surface area contributed by atoms with Crippen LogP contribution < -0.4 is 0 Å². The van der Waals surface area contributed by atoms with Gasteiger partial charge < -0.3 is 4.90 Å². The van der Waals surface area contributed by atoms with E-state index in [0.717, 1.165) is 30.5 Å². The Balaban J connectivity index is 1.35. The van der Waals surface area contributed by atoms with E-state index in [1.54, 1.807) is 10.4 Å². The molecule has 0 aromatic heterocycles. The predicted molar refractivity (Wildman–Crippen MR) is 118 cm³/mol. The average molecular weight is 434 g/mol. The molecular weight excluding hydrogens is 398 g/mol. The van der Waals surface area contributed by atoms with Gasteiger partial charge in [0.05, 0.1) is 11.4 Å². The van der Waals surface area contributed by atoms with Gasteiger partial charge >= 0.3 is 0 Å². The predicted octanol–water partition coefficient (Wildman–Crippen LogP) is 2.79. The molecule has 166 valence electrons. The number of rotatable bonds is 4. The molecule has 0 N–H and O–H groups in total. The molecule has 0 spiro atoms. The second-order valence-corrected chi connectivity index (χ2v) is 11.2. The van der Waals surface area contributed by atoms with E-state index in [1.807, 2.05) is 26.0 Å². The Hall–Kier alpha value is -1.44. The minimum Gasteiger partial charge on any atom is -0.338 e. The van der Waals surface area contributed by atoms with Crippen LogP contribution in [-0.2, 0) is 14.8 Å². The lowest BCUT2D eigenvalue weighted by atomic mass is 9.78. The van der Waals surface area contributed by atoms with Gasteiger partial charge in [0.25, 0.3) is 0 Å². The molecule has 1 saturated carbocycles. The number of piperazine rings is 1. The number of aryl methyl sites for hydroxylation is 2. The molecular formula is C23H35N3O3S. The molecule has 0 radical (unpaired) electrons. The molecule has 3 aliphatic rings. The van der Waals surface area contributed by atoms with Gasteiger partial charge in [0, 0.05) is 38.8 Å². The number of hydrogen-bond acceptors (Lipinski definition) is 4. The molecule has 2 heterocycles. The monoisotopic (exact) mass is 433 g/mol. The van der Waals surface area contributed by atoms with Crippen molar-refractivity contribution in [2.24, 2.45) is 5.92 Å². The zero-order valence-corrected chi connectivity index (χ0v) is 19.2. The van der Waals surface area contributed by atoms with Crippen LogP contribution in [0.3, 0.4) is 0 Å². The quantitative estimate of drug-likeness (QED) is 0.733. The molecule has 0 bridgehead atoms. The number of sulfonamides is 1. The van der Waals surface area contributed by atoms with Gasteiger partial charge in [-0.3, -0.25) is 9.69 Å². The lowest BCUT2D eigenvalue weighted by Gasteiger charge is -2.45. The number of nitrogens with zero attached hydrogens (tertiary/aromatic N) is 3. The number of amides is 1. The van der Waals surface area contributed by atoms with E-state index in [1.165, 1.54) is 25.7 Å². The third-order valence-corrected chi connectivity index (χ3v) is 9.26. The topological polar surface area (TPSA) is 60.9 Å². The Labute approximate surface area is 181 Å². The van der Waals surface area contributed by atoms with Gasteiger partial charge in [-0.1, -0.05) is 30.5 Å². The van der Waals surface area contributed by atoms with E-state index in [9.17, 15) is 13.2 Å². The highest BCUT2D eigenvalue weighted by Gasteiger charge is 2.37. The van der Waals surface area contributed by atoms with Crippen molar-refractivity contribution in [1.29, 1.82) is 0 Å². The van der Waals surface area contributed by atoms with Crippen LogP contribution in [0.1, 0.15) is 49.7 Å². The molecule has 7 heteroatoms. The molecule has 1 aliphatic carbocycles. The SMILES string of the molecule is Cc1ccc(S(=O)(=O)N2CCN(CC(=O)N3CCC[C@@H]4CCCC[C@H]43)CC2)c(C)c1. The van der Waals surface area contributed by atoms with E-state index in [4.69, 9.17) is 0 Å². The average Bonchev–Trinajstić information content (AvgIpc) is 2.73. The van der Waals surface area contributed by atoms with Crippen LogP contribution in [0.4, 0.5) is 0 Å². The van der Waals surface area contributed by atoms with Crippen molar-refractivity contribution in [2.45, 2.75) is 63.3 Å². The standard InChI is InChI=1S/C23H35N3O3S/c1-18-9-10-22(19(2)16-18)30(28,29)25-14-12-24(13-15-25)17-23(27)26-11-5-7-20-6-3-4-8-21(20)26/h9-10,16,20-21H,3-8,11-15,17H2,1-2H3/t20-,21+/m0/s1. The molecule has 1 amide bonds. The van der Waals surface area contributed by atoms with E-state index >= 15 is 0 Å². The first kappa shape index (κ1) is 21.8. The first-order chi connectivity index (χ1) is 14.4. The minimum absolute atomic E-state index is 0.234. The molecule has 0 unspecified atom stereocenters. The summed E-state index contributed by atoms with van der Waals surface area (Å²) in [4.78, 5) is 17.7. The lowest BCUT2D eigenvalue weighted by Crippen LogP contribution is -2.55. The van der Waals surface area contributed by atoms with Crippen molar-refractivity contribution in [2.75, 3.05) is 39.3 Å². The fraction of sp³-hybridized carbons (Fsp3) is 0.696. The van der Waals surface area contributed by atoms with Crippen LogP contribution in [-0.4, -0.2) is 73.7 Å². The Morgan fingerprint density at radius 2 is 1.67 bits per heavy atom. The second-order valence-electron chi connectivity index (χ2n) is 9.29. The smallest absolute Gasteiger partial charge is 0.243 e. The number of fused-ring (bicyclic) bond motifs is 1. The number of likely N-dealkylation sites (tertiary alicyclic amines) is 1. The van der Waals surface area contributed by atoms with Crippen molar-refractivity contribution in [1.82, 2.24) is 14.1 Å². The summed E-state index contributed by atoms with van der Waals surface area (Å²) in [6, 6.07) is 5.92. The highest BCUT2D eigenvalue weighted by Crippen LogP contribution is 2.35. The van der Waals surface area contributed by atoms with Crippen molar-refractivity contribution in [3.05, 3.63) is 29.3 Å². The lowest BCUT2D eigenvalue weighted by molar-refractivity contribution is -0.139. The Morgan fingerprint density at radius 3 is 2.40 bits per heavy atom. The summed E-state index contributed by atoms with van der Waals surface area (Å²) in [6.45, 7) is 7.23. The summed E-state index contributed by atoms with van der Waals surface area (Å²) in [7, 11) is -3.49. The van der Waals surface area contributed by atoms with E-state index in [-0.39, 0.29) is 5.91 Å². The first-order valence-corrected chi connectivity index (χ1v) is 12.9. The number of carbonyl (C=O) groups excluding carboxylic acids is 1. The van der Waals surface area contributed by atoms with Crippen LogP contribution in [0, 0.1) is 19.8 Å². The third kappa shape index (κ3) is 4.43. The van der Waals surface area contributed by atoms with Crippen molar-refractivity contribution >= 4 is 15.9 Å². The molecule has 2 aliphatic heterocycles. The highest BCUT2D eigenvalue weighted by molar-refractivity contribution is 7.89. The van der Waals surface area contributed by atoms with Crippen LogP contribution >= 0.6 is 0 Å². The van der Waals surface area contributed by atoms with Crippen molar-refractivity contribution < 1.29 is 13.2 Å². The number of benzene rings is 1. The van der Waals surface area contributed by atoms with Gasteiger partial charge in [0.2, 0.25) is 15.9 Å². The van der Waals surface area contributed by atoms with Crippen LogP contribution in [0.25, 0.3) is 0 Å². The highest BCUT2D eigenvalue weighted by atomic mass is 32.2. The third-order valence-electron chi connectivity index (χ3n) is 7.20. The van der Waals surface area contributed by atoms with Crippen LogP contribution in [0.5, 0.6) is 0 Å². The summed E-state index contributed by atoms with van der Waals surface area (Å²) in [6.07, 6.45) is 7.35. The maximum Gasteiger partial charge on any atom is 0.243 e. The number of hydrogen-bond donors (Lipinski definition) is 0. The summed E-state index contributed by atoms with van der Waals surface area (Å²) >= 11 is 0. The summed E-state index contributed by atoms with van der Waals surface area (Å²) in [5.74, 6) is 0.925. The minimum atomic E-state index is -3.49. The largest absolute Gasteiger partial charge is 0.338 e. The van der Waals surface area contributed by atoms with Gasteiger partial charge in [0.1, 0.15) is 0 Å². The summed E-state index contributed by atoms with van der Waals surface area (Å²) in [5.41, 5.74) is 1.85. The maximum atomic E-state index is 13.1. The van der Waals surface area contributed by atoms with Gasteiger partial charge in [0.15, 0.2) is 0 Å². The molecule has 2 saturated heterocycles. The molecule has 3 fully saturated rings. The molecule has 1 aromatic carbocycles. The Bertz CT molecular complexity index is 876. The first-order valence-electron chi connectivity index (χ1n) is 11.5. The van der Waals surface area contributed by atoms with Gasteiger partial charge in [-0.25, -0.2) is 8.42 Å². The van der Waals surface area contributed by atoms with E-state index < -0.39 is 10.0 Å². The number of carbonyl (C=O) groups is 1. The molecule has 30 heavy (non-hydrogen) atoms. The molecule has 4 rings (SSSR count). The summed E-state index contributed by atoms with van der Waals surface area (Å²) in [5, 5.41) is 0. The van der Waals surface area contributed by atoms with Gasteiger partial charge in [-0.15, -0.1) is 0 Å². The number of piperidine rings is 1. The second kappa shape index (κ2) is 8.97. The van der Waals surface area contributed by atoms with Crippen LogP contribution in [0.15, 0.2) is 23.1 Å². The maximum absolute atomic E-state index is 13.1. The Kier molecular flexibility index (Phi) is 6.51. The van der Waals surface area contributed by atoms with Crippen molar-refractivity contribution in [3.63, 3.8) is 0 Å². The summed E-state index contributed by atoms with van der Waals surface area (Å²) < 4.78 is 27.7. The van der Waals surface area contributed by atoms with Crippen LogP contribution in [0.2, 0.25) is 0 Å². The van der Waals surface area contributed by atoms with Gasteiger partial charge in [-0.05, 0) is 57.1 Å². The van der Waals surface area contributed by atoms with E-state index in [2.05, 4.69) is 9.80 Å². The fourth-order valence-corrected chi connectivity index (χ4v) is 7.20. The molecule has 2 atom stereocenters. The molecule has 1 aromatic rings. The van der Waals surface area contributed by atoms with E-state index in [0.29, 0.717) is 49.6 Å².